The van der Waals surface area contributed by atoms with E-state index >= 15 is 0 Å². The van der Waals surface area contributed by atoms with E-state index in [1.165, 1.54) is 38.5 Å². The van der Waals surface area contributed by atoms with Crippen LogP contribution in [0.2, 0.25) is 0 Å². The summed E-state index contributed by atoms with van der Waals surface area (Å²) < 4.78 is 16.7. The van der Waals surface area contributed by atoms with Crippen LogP contribution >= 0.6 is 0 Å². The third kappa shape index (κ3) is 46.5. The van der Waals surface area contributed by atoms with Crippen LogP contribution in [0, 0.1) is 0 Å². The molecule has 0 aromatic heterocycles. The molecule has 1 atom stereocenters. The van der Waals surface area contributed by atoms with Crippen LogP contribution in [0.25, 0.3) is 0 Å². The first-order chi connectivity index (χ1) is 30.0. The highest BCUT2D eigenvalue weighted by Gasteiger charge is 2.19. The van der Waals surface area contributed by atoms with Crippen molar-refractivity contribution in [2.45, 2.75) is 181 Å². The second-order valence-corrected chi connectivity index (χ2v) is 15.1. The molecule has 0 radical (unpaired) electrons. The minimum Gasteiger partial charge on any atom is -0.462 e. The van der Waals surface area contributed by atoms with Gasteiger partial charge in [-0.1, -0.05) is 206 Å². The highest BCUT2D eigenvalue weighted by Crippen LogP contribution is 2.11. The predicted molar refractivity (Wildman–Crippen MR) is 260 cm³/mol. The Morgan fingerprint density at radius 3 is 1.05 bits per heavy atom. The molecule has 0 fully saturated rings. The van der Waals surface area contributed by atoms with E-state index in [2.05, 4.69) is 57.2 Å². The van der Waals surface area contributed by atoms with Crippen LogP contribution in [0.15, 0.2) is 134 Å². The van der Waals surface area contributed by atoms with Crippen molar-refractivity contribution in [3.05, 3.63) is 134 Å². The number of ether oxygens (including phenoxy) is 3. The normalized spacial score (nSPS) is 13.3. The van der Waals surface area contributed by atoms with Gasteiger partial charge in [-0.25, -0.2) is 0 Å². The average molecular weight is 841 g/mol. The lowest BCUT2D eigenvalue weighted by Crippen LogP contribution is -2.30. The Morgan fingerprint density at radius 1 is 0.344 bits per heavy atom. The molecule has 0 rings (SSSR count). The predicted octanol–water partition coefficient (Wildman–Crippen LogP) is 15.5. The average Bonchev–Trinajstić information content (AvgIpc) is 3.26. The largest absolute Gasteiger partial charge is 0.462 e. The van der Waals surface area contributed by atoms with Crippen LogP contribution < -0.4 is 0 Å². The van der Waals surface area contributed by atoms with Crippen molar-refractivity contribution in [3.8, 4) is 0 Å². The molecular weight excluding hydrogens is 757 g/mol. The third-order valence-electron chi connectivity index (χ3n) is 9.38. The molecule has 6 heteroatoms. The molecule has 0 aromatic carbocycles. The van der Waals surface area contributed by atoms with Gasteiger partial charge in [0.15, 0.2) is 6.10 Å². The van der Waals surface area contributed by atoms with Crippen LogP contribution in [0.1, 0.15) is 175 Å². The van der Waals surface area contributed by atoms with Gasteiger partial charge in [-0.15, -0.1) is 0 Å². The number of carbonyl (C=O) groups is 3. The van der Waals surface area contributed by atoms with Gasteiger partial charge < -0.3 is 14.2 Å². The van der Waals surface area contributed by atoms with Gasteiger partial charge in [0, 0.05) is 19.3 Å². The van der Waals surface area contributed by atoms with Gasteiger partial charge >= 0.3 is 17.9 Å². The molecule has 0 amide bonds. The van der Waals surface area contributed by atoms with Crippen LogP contribution in [0.5, 0.6) is 0 Å². The maximum Gasteiger partial charge on any atom is 0.306 e. The lowest BCUT2D eigenvalue weighted by atomic mass is 10.1. The van der Waals surface area contributed by atoms with Gasteiger partial charge in [0.1, 0.15) is 13.2 Å². The zero-order valence-corrected chi connectivity index (χ0v) is 38.6. The van der Waals surface area contributed by atoms with Gasteiger partial charge in [0.2, 0.25) is 0 Å². The summed E-state index contributed by atoms with van der Waals surface area (Å²) in [6, 6.07) is 0. The van der Waals surface area contributed by atoms with E-state index in [9.17, 15) is 14.4 Å². The molecule has 0 aromatic rings. The summed E-state index contributed by atoms with van der Waals surface area (Å²) in [4.78, 5) is 37.8. The SMILES string of the molecule is CC/C=C/C=C/C=C/C=C/C=C/C=C/CCCCCC(=O)OCC(COC(=O)CCCCC/C=C/CCCCCCCC)OC(=O)CCCCC/C=C/C=C/C=C/C=C/CC. The van der Waals surface area contributed by atoms with Gasteiger partial charge in [0.25, 0.3) is 0 Å². The number of carbonyl (C=O) groups excluding carboxylic acids is 3. The Bertz CT molecular complexity index is 1380. The topological polar surface area (TPSA) is 78.9 Å². The van der Waals surface area contributed by atoms with Crippen molar-refractivity contribution in [1.29, 1.82) is 0 Å². The van der Waals surface area contributed by atoms with Crippen LogP contribution in [-0.2, 0) is 28.6 Å². The first kappa shape index (κ1) is 56.5. The second kappa shape index (κ2) is 48.2. The molecule has 0 aliphatic heterocycles. The number of rotatable bonds is 40. The van der Waals surface area contributed by atoms with Crippen molar-refractivity contribution in [2.75, 3.05) is 13.2 Å². The molecule has 0 N–H and O–H groups in total. The molecule has 0 saturated heterocycles. The maximum absolute atomic E-state index is 12.7. The molecular formula is C55H84O6. The van der Waals surface area contributed by atoms with E-state index in [1.807, 2.05) is 97.2 Å². The van der Waals surface area contributed by atoms with Crippen molar-refractivity contribution in [2.24, 2.45) is 0 Å². The van der Waals surface area contributed by atoms with E-state index < -0.39 is 6.10 Å². The fourth-order valence-electron chi connectivity index (χ4n) is 5.83. The highest BCUT2D eigenvalue weighted by molar-refractivity contribution is 5.71. The lowest BCUT2D eigenvalue weighted by molar-refractivity contribution is -0.167. The molecule has 0 aliphatic carbocycles. The number of esters is 3. The standard InChI is InChI=1S/C55H84O6/c1-4-7-10-13-16-19-22-25-26-27-28-31-33-36-39-42-45-48-54(57)60-51-52(61-55(58)49-46-43-40-37-34-30-24-21-18-15-12-9-6-3)50-59-53(56)47-44-41-38-35-32-29-23-20-17-14-11-8-5-2/h7,9-10,12-13,15-16,18-19,21-22,24-34,52H,4-6,8,11,14,17,20,23,35-51H2,1-3H3/b10-7+,12-9+,16-13+,18-15+,22-19+,24-21+,26-25+,28-27+,32-29+,33-31+,34-30+. The van der Waals surface area contributed by atoms with Gasteiger partial charge in [0.05, 0.1) is 0 Å². The van der Waals surface area contributed by atoms with Gasteiger partial charge in [-0.05, 0) is 83.5 Å². The number of hydrogen-bond donors (Lipinski definition) is 0. The van der Waals surface area contributed by atoms with E-state index in [0.717, 1.165) is 83.5 Å². The molecule has 0 saturated carbocycles. The summed E-state index contributed by atoms with van der Waals surface area (Å²) in [6.45, 7) is 6.22. The van der Waals surface area contributed by atoms with Gasteiger partial charge in [-0.3, -0.25) is 14.4 Å². The number of hydrogen-bond acceptors (Lipinski definition) is 6. The summed E-state index contributed by atoms with van der Waals surface area (Å²) in [7, 11) is 0. The van der Waals surface area contributed by atoms with Crippen molar-refractivity contribution >= 4 is 17.9 Å². The Balaban J connectivity index is 4.59. The third-order valence-corrected chi connectivity index (χ3v) is 9.38. The summed E-state index contributed by atoms with van der Waals surface area (Å²) in [6.07, 6.45) is 67.2. The monoisotopic (exact) mass is 841 g/mol. The van der Waals surface area contributed by atoms with Crippen LogP contribution in [0.4, 0.5) is 0 Å². The second-order valence-electron chi connectivity index (χ2n) is 15.1. The summed E-state index contributed by atoms with van der Waals surface area (Å²) in [5, 5.41) is 0. The minimum absolute atomic E-state index is 0.122. The first-order valence-corrected chi connectivity index (χ1v) is 23.8. The van der Waals surface area contributed by atoms with Crippen LogP contribution in [0.3, 0.4) is 0 Å². The molecule has 61 heavy (non-hydrogen) atoms. The summed E-state index contributed by atoms with van der Waals surface area (Å²) in [5.74, 6) is -1.04. The molecule has 1 unspecified atom stereocenters. The van der Waals surface area contributed by atoms with Gasteiger partial charge in [-0.2, -0.15) is 0 Å². The van der Waals surface area contributed by atoms with E-state index in [0.29, 0.717) is 19.3 Å². The number of unbranched alkanes of at least 4 members (excludes halogenated alkanes) is 15. The Kier molecular flexibility index (Phi) is 44.7. The molecule has 0 aliphatic rings. The lowest BCUT2D eigenvalue weighted by Gasteiger charge is -2.18. The highest BCUT2D eigenvalue weighted by atomic mass is 16.6. The van der Waals surface area contributed by atoms with Crippen molar-refractivity contribution in [1.82, 2.24) is 0 Å². The summed E-state index contributed by atoms with van der Waals surface area (Å²) in [5.41, 5.74) is 0. The molecule has 0 bridgehead atoms. The van der Waals surface area contributed by atoms with Crippen molar-refractivity contribution < 1.29 is 28.6 Å². The smallest absolute Gasteiger partial charge is 0.306 e. The van der Waals surface area contributed by atoms with E-state index in [4.69, 9.17) is 14.2 Å². The van der Waals surface area contributed by atoms with Crippen LogP contribution in [-0.4, -0.2) is 37.2 Å². The zero-order valence-electron chi connectivity index (χ0n) is 38.6. The van der Waals surface area contributed by atoms with E-state index in [-0.39, 0.29) is 44.0 Å². The maximum atomic E-state index is 12.7. The molecule has 0 heterocycles. The molecule has 6 nitrogen and oxygen atoms in total. The Morgan fingerprint density at radius 2 is 0.656 bits per heavy atom. The molecule has 340 valence electrons. The Labute approximate surface area is 373 Å². The fraction of sp³-hybridized carbons (Fsp3) is 0.545. The first-order valence-electron chi connectivity index (χ1n) is 23.8. The van der Waals surface area contributed by atoms with Crippen molar-refractivity contribution in [3.63, 3.8) is 0 Å². The summed E-state index contributed by atoms with van der Waals surface area (Å²) >= 11 is 0. The molecule has 0 spiro atoms. The minimum atomic E-state index is -0.827. The zero-order chi connectivity index (χ0) is 44.4. The Hall–Kier alpha value is -4.45. The number of allylic oxidation sites excluding steroid dienone is 22. The fourth-order valence-corrected chi connectivity index (χ4v) is 5.83. The quantitative estimate of drug-likeness (QED) is 0.0201. The van der Waals surface area contributed by atoms with E-state index in [1.54, 1.807) is 0 Å².